The third kappa shape index (κ3) is 3.21. The van der Waals surface area contributed by atoms with Gasteiger partial charge < -0.3 is 14.6 Å². The van der Waals surface area contributed by atoms with Gasteiger partial charge in [0.15, 0.2) is 0 Å². The molecule has 5 nitrogen and oxygen atoms in total. The third-order valence-corrected chi connectivity index (χ3v) is 11.3. The molecule has 180 valence electrons. The fraction of sp³-hybridized carbons (Fsp3) is 0.963. The van der Waals surface area contributed by atoms with E-state index >= 15 is 0 Å². The summed E-state index contributed by atoms with van der Waals surface area (Å²) in [6, 6.07) is 0. The van der Waals surface area contributed by atoms with Gasteiger partial charge in [-0.3, -0.25) is 9.69 Å². The van der Waals surface area contributed by atoms with Crippen LogP contribution in [0.15, 0.2) is 0 Å². The molecule has 0 spiro atoms. The highest BCUT2D eigenvalue weighted by atomic mass is 16.5. The second-order valence-electron chi connectivity index (χ2n) is 12.3. The summed E-state index contributed by atoms with van der Waals surface area (Å²) in [6.45, 7) is 9.23. The Hall–Kier alpha value is -0.490. The maximum Gasteiger partial charge on any atom is 0.150 e. The zero-order valence-electron chi connectivity index (χ0n) is 20.1. The minimum Gasteiger partial charge on any atom is -0.387 e. The molecule has 5 aliphatic carbocycles. The molecule has 1 aliphatic heterocycles. The number of ether oxygens (including phenoxy) is 2. The van der Waals surface area contributed by atoms with E-state index in [-0.39, 0.29) is 17.4 Å². The largest absolute Gasteiger partial charge is 0.387 e. The first-order chi connectivity index (χ1) is 15.5. The predicted molar refractivity (Wildman–Crippen MR) is 122 cm³/mol. The van der Waals surface area contributed by atoms with Crippen molar-refractivity contribution in [2.45, 2.75) is 76.9 Å². The molecule has 0 bridgehead atoms. The summed E-state index contributed by atoms with van der Waals surface area (Å²) in [5.74, 6) is 4.93. The van der Waals surface area contributed by atoms with Crippen LogP contribution in [-0.2, 0) is 14.3 Å². The number of aliphatic hydroxyl groups is 1. The first-order valence-corrected chi connectivity index (χ1v) is 13.6. The van der Waals surface area contributed by atoms with Crippen LogP contribution in [-0.4, -0.2) is 66.9 Å². The fourth-order valence-corrected chi connectivity index (χ4v) is 9.82. The van der Waals surface area contributed by atoms with E-state index in [4.69, 9.17) is 9.47 Å². The number of morpholine rings is 1. The molecule has 0 amide bonds. The van der Waals surface area contributed by atoms with Crippen molar-refractivity contribution in [3.63, 3.8) is 0 Å². The number of fused-ring (bicyclic) bond motifs is 7. The number of rotatable bonds is 5. The summed E-state index contributed by atoms with van der Waals surface area (Å²) < 4.78 is 11.5. The molecule has 6 aliphatic rings. The summed E-state index contributed by atoms with van der Waals surface area (Å²) in [6.07, 6.45) is 9.68. The highest BCUT2D eigenvalue weighted by Crippen LogP contribution is 2.69. The molecule has 0 aromatic rings. The number of carbonyl (C=O) groups excluding carboxylic acids is 1. The lowest BCUT2D eigenvalue weighted by Crippen LogP contribution is -2.51. The molecule has 5 heteroatoms. The van der Waals surface area contributed by atoms with Gasteiger partial charge in [0, 0.05) is 31.5 Å². The van der Waals surface area contributed by atoms with Crippen LogP contribution in [0.4, 0.5) is 0 Å². The van der Waals surface area contributed by atoms with Crippen LogP contribution in [0.2, 0.25) is 0 Å². The molecule has 6 rings (SSSR count). The second-order valence-corrected chi connectivity index (χ2v) is 12.3. The van der Waals surface area contributed by atoms with Crippen molar-refractivity contribution >= 4 is 5.78 Å². The maximum absolute atomic E-state index is 13.4. The fourth-order valence-electron chi connectivity index (χ4n) is 9.82. The Labute approximate surface area is 193 Å². The van der Waals surface area contributed by atoms with Gasteiger partial charge in [-0.25, -0.2) is 0 Å². The number of hydrogen-bond donors (Lipinski definition) is 1. The lowest BCUT2D eigenvalue weighted by molar-refractivity contribution is -0.133. The maximum atomic E-state index is 13.4. The Bertz CT molecular complexity index is 737. The van der Waals surface area contributed by atoms with Gasteiger partial charge in [0.1, 0.15) is 5.78 Å². The molecule has 32 heavy (non-hydrogen) atoms. The van der Waals surface area contributed by atoms with E-state index < -0.39 is 5.60 Å². The summed E-state index contributed by atoms with van der Waals surface area (Å²) in [5, 5.41) is 11.1. The monoisotopic (exact) mass is 445 g/mol. The highest BCUT2D eigenvalue weighted by Gasteiger charge is 2.72. The standard InChI is InChI=1S/C27H43NO4/c1-3-32-25-24-20-5-4-19-17(18(20)9-11-27(24,25)30)8-10-26(2)21(19)6-7-22(26)23(29)16-28-12-14-31-15-13-28/h17-22,24-25,30H,3-16H2,1-2H3/t17-,18-,19-,20?,21+,22-,24?,25?,26+,27-/m1/s1. The van der Waals surface area contributed by atoms with E-state index in [1.165, 1.54) is 38.5 Å². The molecule has 3 unspecified atom stereocenters. The first kappa shape index (κ1) is 22.0. The Balaban J connectivity index is 1.15. The summed E-state index contributed by atoms with van der Waals surface area (Å²) >= 11 is 0. The highest BCUT2D eigenvalue weighted by molar-refractivity contribution is 5.84. The Morgan fingerprint density at radius 3 is 2.50 bits per heavy atom. The summed E-state index contributed by atoms with van der Waals surface area (Å²) in [5.41, 5.74) is -0.308. The molecule has 5 saturated carbocycles. The van der Waals surface area contributed by atoms with E-state index in [9.17, 15) is 9.90 Å². The van der Waals surface area contributed by atoms with Crippen molar-refractivity contribution in [1.82, 2.24) is 4.90 Å². The zero-order chi connectivity index (χ0) is 22.1. The lowest BCUT2D eigenvalue weighted by atomic mass is 9.49. The number of hydrogen-bond acceptors (Lipinski definition) is 5. The molecule has 1 N–H and O–H groups in total. The van der Waals surface area contributed by atoms with Crippen LogP contribution in [0.1, 0.15) is 65.2 Å². The first-order valence-electron chi connectivity index (χ1n) is 13.6. The van der Waals surface area contributed by atoms with Crippen molar-refractivity contribution in [3.05, 3.63) is 0 Å². The van der Waals surface area contributed by atoms with Crippen molar-refractivity contribution < 1.29 is 19.4 Å². The van der Waals surface area contributed by atoms with E-state index in [0.717, 1.165) is 62.8 Å². The molecule has 1 saturated heterocycles. The van der Waals surface area contributed by atoms with Gasteiger partial charge in [-0.15, -0.1) is 0 Å². The van der Waals surface area contributed by atoms with Crippen molar-refractivity contribution in [1.29, 1.82) is 0 Å². The zero-order valence-corrected chi connectivity index (χ0v) is 20.1. The molecule has 6 fully saturated rings. The molecule has 0 aromatic carbocycles. The molecule has 0 aromatic heterocycles. The number of carbonyl (C=O) groups is 1. The Kier molecular flexibility index (Phi) is 5.52. The third-order valence-electron chi connectivity index (χ3n) is 11.3. The smallest absolute Gasteiger partial charge is 0.150 e. The molecule has 1 heterocycles. The minimum atomic E-state index is -0.516. The van der Waals surface area contributed by atoms with Gasteiger partial charge in [0.25, 0.3) is 0 Å². The predicted octanol–water partition coefficient (Wildman–Crippen LogP) is 3.53. The normalized spacial score (nSPS) is 52.5. The van der Waals surface area contributed by atoms with E-state index in [0.29, 0.717) is 30.8 Å². The van der Waals surface area contributed by atoms with Crippen LogP contribution < -0.4 is 0 Å². The van der Waals surface area contributed by atoms with Crippen LogP contribution in [0.3, 0.4) is 0 Å². The van der Waals surface area contributed by atoms with Crippen LogP contribution in [0, 0.1) is 46.8 Å². The van der Waals surface area contributed by atoms with Gasteiger partial charge in [-0.1, -0.05) is 6.92 Å². The number of Topliss-reactive ketones (excluding diaryl/α,β-unsaturated/α-hetero) is 1. The van der Waals surface area contributed by atoms with Crippen LogP contribution in [0.25, 0.3) is 0 Å². The van der Waals surface area contributed by atoms with Crippen molar-refractivity contribution in [2.75, 3.05) is 39.5 Å². The molecule has 0 radical (unpaired) electrons. The van der Waals surface area contributed by atoms with Gasteiger partial charge in [-0.2, -0.15) is 0 Å². The Morgan fingerprint density at radius 1 is 1.00 bits per heavy atom. The van der Waals surface area contributed by atoms with Crippen LogP contribution in [0.5, 0.6) is 0 Å². The number of ketones is 1. The number of nitrogens with zero attached hydrogens (tertiary/aromatic N) is 1. The summed E-state index contributed by atoms with van der Waals surface area (Å²) in [7, 11) is 0. The topological polar surface area (TPSA) is 59.0 Å². The van der Waals surface area contributed by atoms with Gasteiger partial charge in [0.2, 0.25) is 0 Å². The van der Waals surface area contributed by atoms with Crippen molar-refractivity contribution in [2.24, 2.45) is 46.8 Å². The lowest BCUT2D eigenvalue weighted by Gasteiger charge is -2.55. The van der Waals surface area contributed by atoms with Gasteiger partial charge >= 0.3 is 0 Å². The minimum absolute atomic E-state index is 0.0987. The second kappa shape index (κ2) is 8.03. The molecule has 10 atom stereocenters. The van der Waals surface area contributed by atoms with E-state index in [1.807, 2.05) is 0 Å². The Morgan fingerprint density at radius 2 is 1.72 bits per heavy atom. The van der Waals surface area contributed by atoms with E-state index in [1.54, 1.807) is 0 Å². The summed E-state index contributed by atoms with van der Waals surface area (Å²) in [4.78, 5) is 15.7. The van der Waals surface area contributed by atoms with Gasteiger partial charge in [-0.05, 0) is 93.3 Å². The quantitative estimate of drug-likeness (QED) is 0.702. The molecular weight excluding hydrogens is 402 g/mol. The SMILES string of the molecule is CCOC1C2C3CC[C@@H]4[C@H](CC[C@]5(C)[C@@H](C(=O)CN6CCOCC6)CC[C@@H]45)[C@H]3CC[C@]12O. The molecular formula is C27H43NO4. The average molecular weight is 446 g/mol. The van der Waals surface area contributed by atoms with Crippen LogP contribution >= 0.6 is 0 Å². The average Bonchev–Trinajstić information content (AvgIpc) is 3.22. The van der Waals surface area contributed by atoms with Crippen molar-refractivity contribution in [3.8, 4) is 0 Å². The van der Waals surface area contributed by atoms with Gasteiger partial charge in [0.05, 0.1) is 31.5 Å². The van der Waals surface area contributed by atoms with E-state index in [2.05, 4.69) is 18.7 Å².